The molecule has 8 heteroatoms. The maximum atomic E-state index is 5.56. The molecular formula is C69H52N8. The van der Waals surface area contributed by atoms with Gasteiger partial charge in [0.25, 0.3) is 0 Å². The Hall–Kier alpha value is -9.66. The van der Waals surface area contributed by atoms with Gasteiger partial charge in [0.2, 0.25) is 5.95 Å². The van der Waals surface area contributed by atoms with Crippen LogP contribution in [0.25, 0.3) is 106 Å². The van der Waals surface area contributed by atoms with Crippen LogP contribution in [-0.4, -0.2) is 33.6 Å². The van der Waals surface area contributed by atoms with Crippen LogP contribution in [0.5, 0.6) is 0 Å². The lowest BCUT2D eigenvalue weighted by Crippen LogP contribution is -2.18. The molecular weight excluding hydrogens is 941 g/mol. The smallest absolute Gasteiger partial charge is 0.238 e. The van der Waals surface area contributed by atoms with E-state index in [1.165, 1.54) is 44.4 Å². The summed E-state index contributed by atoms with van der Waals surface area (Å²) in [5, 5.41) is 6.89. The summed E-state index contributed by atoms with van der Waals surface area (Å²) in [5.41, 5.74) is 18.9. The Balaban J connectivity index is 1.03. The molecule has 0 saturated carbocycles. The zero-order valence-electron chi connectivity index (χ0n) is 42.9. The zero-order valence-corrected chi connectivity index (χ0v) is 42.9. The number of fused-ring (bicyclic) bond motifs is 12. The van der Waals surface area contributed by atoms with Gasteiger partial charge < -0.3 is 14.0 Å². The lowest BCUT2D eigenvalue weighted by Gasteiger charge is -2.34. The number of pyridine rings is 1. The van der Waals surface area contributed by atoms with Crippen LogP contribution < -0.4 is 4.90 Å². The van der Waals surface area contributed by atoms with Gasteiger partial charge in [-0.15, -0.1) is 0 Å². The van der Waals surface area contributed by atoms with Crippen LogP contribution in [0.2, 0.25) is 0 Å². The second-order valence-corrected chi connectivity index (χ2v) is 20.4. The predicted molar refractivity (Wildman–Crippen MR) is 317 cm³/mol. The van der Waals surface area contributed by atoms with Gasteiger partial charge in [0.1, 0.15) is 5.69 Å². The van der Waals surface area contributed by atoms with E-state index in [9.17, 15) is 0 Å². The summed E-state index contributed by atoms with van der Waals surface area (Å²) in [6.07, 6.45) is 6.91. The van der Waals surface area contributed by atoms with Crippen molar-refractivity contribution in [3.8, 4) is 40.2 Å². The van der Waals surface area contributed by atoms with E-state index in [1.807, 2.05) is 24.4 Å². The highest BCUT2D eigenvalue weighted by Gasteiger charge is 2.28. The molecule has 8 nitrogen and oxygen atoms in total. The van der Waals surface area contributed by atoms with Crippen LogP contribution >= 0.6 is 0 Å². The Labute approximate surface area is 445 Å². The first-order valence-corrected chi connectivity index (χ1v) is 27.0. The Kier molecular flexibility index (Phi) is 10.5. The molecule has 0 N–H and O–H groups in total. The Bertz CT molecular complexity index is 4630. The van der Waals surface area contributed by atoms with E-state index in [0.717, 1.165) is 109 Å². The fourth-order valence-corrected chi connectivity index (χ4v) is 12.3. The van der Waals surface area contributed by atoms with Crippen molar-refractivity contribution in [2.45, 2.75) is 46.0 Å². The molecule has 0 aliphatic carbocycles. The van der Waals surface area contributed by atoms with Crippen molar-refractivity contribution in [3.63, 3.8) is 0 Å². The van der Waals surface area contributed by atoms with E-state index < -0.39 is 0 Å². The lowest BCUT2D eigenvalue weighted by molar-refractivity contribution is 0.922. The second-order valence-electron chi connectivity index (χ2n) is 20.4. The van der Waals surface area contributed by atoms with E-state index in [1.54, 1.807) is 0 Å². The number of benzene rings is 9. The molecule has 6 heterocycles. The summed E-state index contributed by atoms with van der Waals surface area (Å²) < 4.78 is 7.11. The summed E-state index contributed by atoms with van der Waals surface area (Å²) in [5.74, 6) is 1.60. The average Bonchev–Trinajstić information content (AvgIpc) is 4.34. The second kappa shape index (κ2) is 18.0. The lowest BCUT2D eigenvalue weighted by atomic mass is 9.94. The molecule has 5 aromatic heterocycles. The Morgan fingerprint density at radius 2 is 0.974 bits per heavy atom. The molecule has 0 bridgehead atoms. The molecule has 0 spiro atoms. The van der Waals surface area contributed by atoms with Crippen molar-refractivity contribution in [3.05, 3.63) is 241 Å². The van der Waals surface area contributed by atoms with Gasteiger partial charge in [-0.25, -0.2) is 4.98 Å². The van der Waals surface area contributed by atoms with Crippen molar-refractivity contribution < 1.29 is 0 Å². The molecule has 368 valence electrons. The Morgan fingerprint density at radius 1 is 0.390 bits per heavy atom. The SMILES string of the molecule is CCCc1ccc2c(c1)c1ccc3c4cc(CCC)ccc4n(-c4nc(-c5ccccc5)nc(-c5cc6c7ccccc7n(-c7ccccc7)c6cn5)n4)c3c1n2-c1ccc2c(c1)N(c1ccccc1)c1ccccc1C2. The Morgan fingerprint density at radius 3 is 1.70 bits per heavy atom. The van der Waals surface area contributed by atoms with Gasteiger partial charge in [0, 0.05) is 67.1 Å². The summed E-state index contributed by atoms with van der Waals surface area (Å²) in [7, 11) is 0. The molecule has 0 radical (unpaired) electrons. The van der Waals surface area contributed by atoms with Crippen molar-refractivity contribution in [1.29, 1.82) is 0 Å². The van der Waals surface area contributed by atoms with E-state index in [0.29, 0.717) is 23.3 Å². The first-order chi connectivity index (χ1) is 38.1. The molecule has 0 amide bonds. The molecule has 1 aliphatic heterocycles. The van der Waals surface area contributed by atoms with Crippen LogP contribution in [0.1, 0.15) is 48.9 Å². The molecule has 0 atom stereocenters. The molecule has 0 unspecified atom stereocenters. The van der Waals surface area contributed by atoms with E-state index in [-0.39, 0.29) is 0 Å². The molecule has 14 aromatic rings. The minimum atomic E-state index is 0.498. The van der Waals surface area contributed by atoms with Crippen LogP contribution in [-0.2, 0) is 19.3 Å². The molecule has 9 aromatic carbocycles. The van der Waals surface area contributed by atoms with Crippen LogP contribution in [0.3, 0.4) is 0 Å². The number of para-hydroxylation sites is 4. The minimum Gasteiger partial charge on any atom is -0.310 e. The largest absolute Gasteiger partial charge is 0.310 e. The van der Waals surface area contributed by atoms with Gasteiger partial charge in [-0.1, -0.05) is 160 Å². The maximum Gasteiger partial charge on any atom is 0.238 e. The van der Waals surface area contributed by atoms with Gasteiger partial charge in [0.15, 0.2) is 11.6 Å². The molecule has 0 saturated heterocycles. The number of aromatic nitrogens is 7. The standard InChI is InChI=1S/C69H52N8/c1-3-18-44-30-36-61-55(38-44)53-34-35-54-56-39-45(19-4-2)31-37-62(56)77(66(54)65(53)76(61)51-33-32-48-40-47-22-14-16-28-59(47)74(63(48)41-51)49-23-10-6-11-24-49)69-72-67(46-20-8-5-9-21-46)71-68(73-69)58-42-57-52-27-15-17-29-60(52)75(64(57)43-70-58)50-25-12-7-13-26-50/h5-17,20-39,41-43H,3-4,18-19,40H2,1-2H3. The third kappa shape index (κ3) is 7.20. The van der Waals surface area contributed by atoms with Crippen LogP contribution in [0, 0.1) is 0 Å². The highest BCUT2D eigenvalue weighted by Crippen LogP contribution is 2.47. The molecule has 1 aliphatic rings. The summed E-state index contributed by atoms with van der Waals surface area (Å²) >= 11 is 0. The highest BCUT2D eigenvalue weighted by molar-refractivity contribution is 6.24. The number of aryl methyl sites for hydroxylation is 2. The van der Waals surface area contributed by atoms with Crippen LogP contribution in [0.4, 0.5) is 17.1 Å². The minimum absolute atomic E-state index is 0.498. The van der Waals surface area contributed by atoms with Gasteiger partial charge in [-0.2, -0.15) is 9.97 Å². The van der Waals surface area contributed by atoms with Crippen molar-refractivity contribution in [1.82, 2.24) is 33.6 Å². The fraction of sp³-hybridized carbons (Fsp3) is 0.101. The fourth-order valence-electron chi connectivity index (χ4n) is 12.3. The van der Waals surface area contributed by atoms with Gasteiger partial charge in [-0.05, 0) is 114 Å². The monoisotopic (exact) mass is 992 g/mol. The zero-order chi connectivity index (χ0) is 51.1. The van der Waals surface area contributed by atoms with E-state index >= 15 is 0 Å². The summed E-state index contributed by atoms with van der Waals surface area (Å²) in [6.45, 7) is 4.51. The molecule has 0 fully saturated rings. The number of anilines is 3. The predicted octanol–water partition coefficient (Wildman–Crippen LogP) is 17.2. The van der Waals surface area contributed by atoms with Crippen molar-refractivity contribution in [2.75, 3.05) is 4.90 Å². The first kappa shape index (κ1) is 44.8. The van der Waals surface area contributed by atoms with Gasteiger partial charge in [-0.3, -0.25) is 9.55 Å². The maximum absolute atomic E-state index is 5.56. The summed E-state index contributed by atoms with van der Waals surface area (Å²) in [4.78, 5) is 24.0. The van der Waals surface area contributed by atoms with Gasteiger partial charge >= 0.3 is 0 Å². The topological polar surface area (TPSA) is 69.6 Å². The van der Waals surface area contributed by atoms with E-state index in [4.69, 9.17) is 19.9 Å². The third-order valence-corrected chi connectivity index (χ3v) is 15.7. The third-order valence-electron chi connectivity index (χ3n) is 15.7. The number of hydrogen-bond donors (Lipinski definition) is 0. The molecule has 77 heavy (non-hydrogen) atoms. The van der Waals surface area contributed by atoms with E-state index in [2.05, 4.69) is 227 Å². The summed E-state index contributed by atoms with van der Waals surface area (Å²) in [6, 6.07) is 76.9. The number of rotatable bonds is 10. The number of hydrogen-bond acceptors (Lipinski definition) is 5. The normalized spacial score (nSPS) is 12.4. The highest BCUT2D eigenvalue weighted by atomic mass is 15.2. The van der Waals surface area contributed by atoms with Crippen molar-refractivity contribution >= 4 is 82.5 Å². The quantitative estimate of drug-likeness (QED) is 0.137. The van der Waals surface area contributed by atoms with Crippen LogP contribution in [0.15, 0.2) is 219 Å². The number of nitrogens with zero attached hydrogens (tertiary/aromatic N) is 8. The van der Waals surface area contributed by atoms with Crippen molar-refractivity contribution in [2.24, 2.45) is 0 Å². The molecule has 15 rings (SSSR count). The average molecular weight is 993 g/mol. The first-order valence-electron chi connectivity index (χ1n) is 27.0. The van der Waals surface area contributed by atoms with Gasteiger partial charge in [0.05, 0.1) is 45.0 Å².